The highest BCUT2D eigenvalue weighted by molar-refractivity contribution is 7.11. The highest BCUT2D eigenvalue weighted by atomic mass is 32.1. The lowest BCUT2D eigenvalue weighted by atomic mass is 9.98. The molecule has 0 aliphatic carbocycles. The summed E-state index contributed by atoms with van der Waals surface area (Å²) in [4.78, 5) is 7.72. The van der Waals surface area contributed by atoms with Crippen LogP contribution in [0, 0.1) is 0 Å². The molecule has 1 aromatic carbocycles. The summed E-state index contributed by atoms with van der Waals surface area (Å²) < 4.78 is 30.9. The number of halogens is 2. The Morgan fingerprint density at radius 1 is 1.21 bits per heavy atom. The summed E-state index contributed by atoms with van der Waals surface area (Å²) in [5.41, 5.74) is 3.49. The number of para-hydroxylation sites is 1. The first-order valence-corrected chi connectivity index (χ1v) is 12.9. The summed E-state index contributed by atoms with van der Waals surface area (Å²) in [5.74, 6) is 0. The van der Waals surface area contributed by atoms with E-state index < -0.39 is 6.43 Å². The van der Waals surface area contributed by atoms with Gasteiger partial charge in [0.1, 0.15) is 6.10 Å². The van der Waals surface area contributed by atoms with Crippen LogP contribution in [0.5, 0.6) is 5.06 Å². The fourth-order valence-electron chi connectivity index (χ4n) is 4.80. The third-order valence-electron chi connectivity index (χ3n) is 6.59. The van der Waals surface area contributed by atoms with Gasteiger partial charge in [0.25, 0.3) is 6.43 Å². The van der Waals surface area contributed by atoms with Gasteiger partial charge in [-0.2, -0.15) is 0 Å². The second-order valence-electron chi connectivity index (χ2n) is 9.12. The summed E-state index contributed by atoms with van der Waals surface area (Å²) in [7, 11) is 0. The molecule has 4 nitrogen and oxygen atoms in total. The summed E-state index contributed by atoms with van der Waals surface area (Å²) in [6.45, 7) is 8.27. The number of aromatic amines is 1. The van der Waals surface area contributed by atoms with Crippen LogP contribution in [0.15, 0.2) is 41.8 Å². The molecule has 180 valence electrons. The molecule has 0 spiro atoms. The lowest BCUT2D eigenvalue weighted by Crippen LogP contribution is -2.40. The molecule has 1 saturated heterocycles. The molecular formula is C26H35F2N3OS. The molecule has 4 heterocycles. The number of H-pyrrole nitrogens is 1. The van der Waals surface area contributed by atoms with Gasteiger partial charge in [-0.1, -0.05) is 31.5 Å². The predicted octanol–water partition coefficient (Wildman–Crippen LogP) is 6.18. The number of hydrogen-bond acceptors (Lipinski definition) is 4. The maximum absolute atomic E-state index is 12.5. The maximum atomic E-state index is 12.5. The van der Waals surface area contributed by atoms with Crippen molar-refractivity contribution in [1.29, 1.82) is 0 Å². The second kappa shape index (κ2) is 11.4. The lowest BCUT2D eigenvalue weighted by Gasteiger charge is -2.33. The molecule has 3 aromatic rings. The fourth-order valence-corrected chi connectivity index (χ4v) is 5.44. The van der Waals surface area contributed by atoms with Crippen LogP contribution in [-0.4, -0.2) is 59.5 Å². The Balaban J connectivity index is 0.000000160. The number of rotatable bonds is 7. The molecule has 2 unspecified atom stereocenters. The third kappa shape index (κ3) is 6.34. The molecule has 5 rings (SSSR count). The fraction of sp³-hybridized carbons (Fsp3) is 0.538. The normalized spacial score (nSPS) is 21.2. The van der Waals surface area contributed by atoms with Crippen LogP contribution < -0.4 is 4.74 Å². The molecule has 2 aromatic heterocycles. The van der Waals surface area contributed by atoms with Gasteiger partial charge in [0.2, 0.25) is 0 Å². The van der Waals surface area contributed by atoms with E-state index >= 15 is 0 Å². The minimum absolute atomic E-state index is 0.143. The van der Waals surface area contributed by atoms with Gasteiger partial charge in [-0.05, 0) is 61.9 Å². The number of fused-ring (bicyclic) bond motifs is 3. The van der Waals surface area contributed by atoms with Crippen molar-refractivity contribution >= 4 is 22.2 Å². The van der Waals surface area contributed by atoms with Crippen molar-refractivity contribution in [2.75, 3.05) is 26.2 Å². The molecular weight excluding hydrogens is 440 g/mol. The average molecular weight is 476 g/mol. The number of ether oxygens (including phenoxy) is 1. The topological polar surface area (TPSA) is 31.5 Å². The summed E-state index contributed by atoms with van der Waals surface area (Å²) in [6, 6.07) is 12.4. The minimum atomic E-state index is -2.27. The van der Waals surface area contributed by atoms with Crippen molar-refractivity contribution in [3.8, 4) is 5.06 Å². The second-order valence-corrected chi connectivity index (χ2v) is 10.0. The van der Waals surface area contributed by atoms with Gasteiger partial charge < -0.3 is 9.72 Å². The number of likely N-dealkylation sites (tertiary alicyclic amines) is 1. The minimum Gasteiger partial charge on any atom is -0.479 e. The van der Waals surface area contributed by atoms with Gasteiger partial charge >= 0.3 is 0 Å². The first-order valence-electron chi connectivity index (χ1n) is 12.1. The van der Waals surface area contributed by atoms with Crippen molar-refractivity contribution in [3.63, 3.8) is 0 Å². The smallest absolute Gasteiger partial charge is 0.251 e. The highest BCUT2D eigenvalue weighted by Crippen LogP contribution is 2.30. The maximum Gasteiger partial charge on any atom is 0.251 e. The number of alkyl halides is 2. The quantitative estimate of drug-likeness (QED) is 0.443. The van der Waals surface area contributed by atoms with Gasteiger partial charge in [-0.15, -0.1) is 11.3 Å². The molecule has 7 heteroatoms. The molecule has 2 aliphatic rings. The largest absolute Gasteiger partial charge is 0.479 e. The van der Waals surface area contributed by atoms with E-state index in [-0.39, 0.29) is 12.6 Å². The van der Waals surface area contributed by atoms with E-state index in [2.05, 4.69) is 34.3 Å². The Bertz CT molecular complexity index is 991. The molecule has 1 N–H and O–H groups in total. The zero-order valence-electron chi connectivity index (χ0n) is 19.6. The van der Waals surface area contributed by atoms with E-state index in [1.165, 1.54) is 43.3 Å². The number of aromatic nitrogens is 1. The van der Waals surface area contributed by atoms with E-state index in [9.17, 15) is 8.78 Å². The highest BCUT2D eigenvalue weighted by Gasteiger charge is 2.27. The first kappa shape index (κ1) is 24.2. The number of hydrogen-bond donors (Lipinski definition) is 1. The molecule has 2 atom stereocenters. The summed E-state index contributed by atoms with van der Waals surface area (Å²) >= 11 is 1.69. The SMILES string of the molecule is CC1Cc2c([nH]c3ccccc23)CN1CC(F)F.CCCCN1CCC(Oc2cccs2)C1. The first-order chi connectivity index (χ1) is 16.0. The van der Waals surface area contributed by atoms with Gasteiger partial charge in [0.15, 0.2) is 5.06 Å². The van der Waals surface area contributed by atoms with Crippen molar-refractivity contribution in [2.45, 2.75) is 64.6 Å². The summed E-state index contributed by atoms with van der Waals surface area (Å²) in [6.07, 6.45) is 2.77. The van der Waals surface area contributed by atoms with E-state index in [1.54, 1.807) is 11.3 Å². The lowest BCUT2D eigenvalue weighted by molar-refractivity contribution is 0.0597. The molecule has 0 amide bonds. The number of benzene rings is 1. The molecule has 2 aliphatic heterocycles. The molecule has 0 bridgehead atoms. The Hall–Kier alpha value is -1.96. The Labute approximate surface area is 199 Å². The van der Waals surface area contributed by atoms with Crippen molar-refractivity contribution in [3.05, 3.63) is 53.0 Å². The molecule has 0 radical (unpaired) electrons. The van der Waals surface area contributed by atoms with Crippen LogP contribution in [0.25, 0.3) is 10.9 Å². The molecule has 1 fully saturated rings. The van der Waals surface area contributed by atoms with Gasteiger partial charge in [-0.3, -0.25) is 9.80 Å². The Morgan fingerprint density at radius 2 is 2.06 bits per heavy atom. The van der Waals surface area contributed by atoms with Crippen molar-refractivity contribution < 1.29 is 13.5 Å². The Kier molecular flexibility index (Phi) is 8.39. The average Bonchev–Trinajstić information content (AvgIpc) is 3.54. The van der Waals surface area contributed by atoms with Gasteiger partial charge in [0.05, 0.1) is 6.54 Å². The zero-order valence-corrected chi connectivity index (χ0v) is 20.4. The number of nitrogens with zero attached hydrogens (tertiary/aromatic N) is 2. The predicted molar refractivity (Wildman–Crippen MR) is 133 cm³/mol. The standard InChI is InChI=1S/C14H16F2N2.C12H19NOS/c1-9-6-11-10-4-2-3-5-12(10)17-13(11)7-18(9)8-14(15)16;1-2-3-7-13-8-6-11(10-13)14-12-5-4-9-15-12/h2-5,9,14,17H,6-8H2,1H3;4-5,9,11H,2-3,6-8,10H2,1H3. The van der Waals surface area contributed by atoms with Gasteiger partial charge in [-0.25, -0.2) is 8.78 Å². The van der Waals surface area contributed by atoms with E-state index in [1.807, 2.05) is 36.1 Å². The van der Waals surface area contributed by atoms with Crippen LogP contribution in [0.1, 0.15) is 44.4 Å². The molecule has 33 heavy (non-hydrogen) atoms. The van der Waals surface area contributed by atoms with E-state index in [0.717, 1.165) is 29.2 Å². The number of nitrogens with one attached hydrogen (secondary N) is 1. The van der Waals surface area contributed by atoms with Gasteiger partial charge in [0, 0.05) is 42.3 Å². The van der Waals surface area contributed by atoms with Crippen LogP contribution >= 0.6 is 11.3 Å². The zero-order chi connectivity index (χ0) is 23.2. The van der Waals surface area contributed by atoms with E-state index in [4.69, 9.17) is 4.74 Å². The van der Waals surface area contributed by atoms with Crippen LogP contribution in [0.4, 0.5) is 8.78 Å². The molecule has 0 saturated carbocycles. The third-order valence-corrected chi connectivity index (χ3v) is 7.35. The van der Waals surface area contributed by atoms with Crippen molar-refractivity contribution in [2.24, 2.45) is 0 Å². The number of thiophene rings is 1. The summed E-state index contributed by atoms with van der Waals surface area (Å²) in [5, 5.41) is 4.37. The van der Waals surface area contributed by atoms with Crippen LogP contribution in [0.2, 0.25) is 0 Å². The van der Waals surface area contributed by atoms with E-state index in [0.29, 0.717) is 12.6 Å². The van der Waals surface area contributed by atoms with Crippen LogP contribution in [0.3, 0.4) is 0 Å². The monoisotopic (exact) mass is 475 g/mol. The number of unbranched alkanes of at least 4 members (excludes halogenated alkanes) is 1. The Morgan fingerprint density at radius 3 is 2.82 bits per heavy atom. The van der Waals surface area contributed by atoms with Crippen LogP contribution in [-0.2, 0) is 13.0 Å². The van der Waals surface area contributed by atoms with Crippen molar-refractivity contribution in [1.82, 2.24) is 14.8 Å².